The zero-order valence-electron chi connectivity index (χ0n) is 12.9. The molecule has 0 aromatic carbocycles. The van der Waals surface area contributed by atoms with Crippen LogP contribution in [0.1, 0.15) is 75.4 Å². The Bertz CT molecular complexity index is 493. The maximum absolute atomic E-state index is 12.1. The van der Waals surface area contributed by atoms with Crippen LogP contribution in [0.2, 0.25) is 0 Å². The van der Waals surface area contributed by atoms with Crippen LogP contribution in [0, 0.1) is 11.8 Å². The fourth-order valence-corrected chi connectivity index (χ4v) is 3.89. The highest BCUT2D eigenvalue weighted by Gasteiger charge is 2.38. The average molecular weight is 292 g/mol. The summed E-state index contributed by atoms with van der Waals surface area (Å²) in [5.74, 6) is 2.02. The number of aromatic nitrogens is 2. The van der Waals surface area contributed by atoms with E-state index in [1.54, 1.807) is 0 Å². The topological polar surface area (TPSA) is 65.2 Å². The number of methoxy groups -OCH3 is 1. The Morgan fingerprint density at radius 1 is 1.29 bits per heavy atom. The third-order valence-corrected chi connectivity index (χ3v) is 5.11. The fraction of sp³-hybridized carbons (Fsp3) is 0.812. The van der Waals surface area contributed by atoms with Gasteiger partial charge >= 0.3 is 5.97 Å². The largest absolute Gasteiger partial charge is 0.468 e. The molecule has 2 aliphatic carbocycles. The van der Waals surface area contributed by atoms with Crippen LogP contribution in [-0.4, -0.2) is 23.2 Å². The second-order valence-electron chi connectivity index (χ2n) is 6.65. The lowest BCUT2D eigenvalue weighted by Crippen LogP contribution is -2.22. The van der Waals surface area contributed by atoms with Crippen molar-refractivity contribution in [1.29, 1.82) is 0 Å². The number of rotatable bonds is 4. The van der Waals surface area contributed by atoms with Gasteiger partial charge < -0.3 is 9.26 Å². The summed E-state index contributed by atoms with van der Waals surface area (Å²) in [4.78, 5) is 16.7. The minimum atomic E-state index is -0.377. The SMILES string of the molecule is COC(=O)C(c1nc(C2CCC(C)C2)no1)C1CCCC1. The highest BCUT2D eigenvalue weighted by molar-refractivity contribution is 5.77. The molecule has 0 aliphatic heterocycles. The molecule has 5 heteroatoms. The first-order valence-corrected chi connectivity index (χ1v) is 8.10. The molecule has 21 heavy (non-hydrogen) atoms. The molecule has 0 saturated heterocycles. The Kier molecular flexibility index (Phi) is 4.27. The van der Waals surface area contributed by atoms with Gasteiger partial charge in [-0.25, -0.2) is 0 Å². The van der Waals surface area contributed by atoms with Gasteiger partial charge in [0.25, 0.3) is 0 Å². The van der Waals surface area contributed by atoms with Crippen molar-refractivity contribution >= 4 is 5.97 Å². The summed E-state index contributed by atoms with van der Waals surface area (Å²) >= 11 is 0. The van der Waals surface area contributed by atoms with Crippen LogP contribution < -0.4 is 0 Å². The first kappa shape index (κ1) is 14.5. The molecule has 1 aromatic rings. The molecule has 116 valence electrons. The zero-order chi connectivity index (χ0) is 14.8. The van der Waals surface area contributed by atoms with Crippen molar-refractivity contribution < 1.29 is 14.1 Å². The maximum Gasteiger partial charge on any atom is 0.318 e. The molecule has 2 fully saturated rings. The van der Waals surface area contributed by atoms with Crippen LogP contribution in [0.25, 0.3) is 0 Å². The van der Waals surface area contributed by atoms with Crippen molar-refractivity contribution in [3.8, 4) is 0 Å². The maximum atomic E-state index is 12.1. The second kappa shape index (κ2) is 6.16. The predicted octanol–water partition coefficient (Wildman–Crippen LogP) is 3.42. The molecular formula is C16H24N2O3. The highest BCUT2D eigenvalue weighted by atomic mass is 16.5. The zero-order valence-corrected chi connectivity index (χ0v) is 12.9. The van der Waals surface area contributed by atoms with Crippen LogP contribution in [0.15, 0.2) is 4.52 Å². The molecule has 3 rings (SSSR count). The summed E-state index contributed by atoms with van der Waals surface area (Å²) in [6, 6.07) is 0. The third kappa shape index (κ3) is 2.97. The van der Waals surface area contributed by atoms with Gasteiger partial charge in [0.1, 0.15) is 5.92 Å². The van der Waals surface area contributed by atoms with Crippen molar-refractivity contribution in [2.24, 2.45) is 11.8 Å². The summed E-state index contributed by atoms with van der Waals surface area (Å²) in [6.07, 6.45) is 7.86. The smallest absolute Gasteiger partial charge is 0.318 e. The molecule has 3 unspecified atom stereocenters. The van der Waals surface area contributed by atoms with E-state index in [2.05, 4.69) is 17.1 Å². The molecular weight excluding hydrogens is 268 g/mol. The first-order chi connectivity index (χ1) is 10.2. The molecule has 2 saturated carbocycles. The molecule has 0 radical (unpaired) electrons. The molecule has 0 bridgehead atoms. The van der Waals surface area contributed by atoms with Gasteiger partial charge in [-0.15, -0.1) is 0 Å². The van der Waals surface area contributed by atoms with Gasteiger partial charge in [-0.1, -0.05) is 24.9 Å². The van der Waals surface area contributed by atoms with E-state index in [9.17, 15) is 4.79 Å². The van der Waals surface area contributed by atoms with Crippen LogP contribution in [0.4, 0.5) is 0 Å². The van der Waals surface area contributed by atoms with Crippen LogP contribution in [-0.2, 0) is 9.53 Å². The van der Waals surface area contributed by atoms with Gasteiger partial charge in [-0.05, 0) is 43.9 Å². The van der Waals surface area contributed by atoms with E-state index in [4.69, 9.17) is 9.26 Å². The Hall–Kier alpha value is -1.39. The highest BCUT2D eigenvalue weighted by Crippen LogP contribution is 2.40. The van der Waals surface area contributed by atoms with E-state index in [1.165, 1.54) is 26.4 Å². The fourth-order valence-electron chi connectivity index (χ4n) is 3.89. The Morgan fingerprint density at radius 3 is 2.67 bits per heavy atom. The Labute approximate surface area is 125 Å². The van der Waals surface area contributed by atoms with Gasteiger partial charge in [-0.3, -0.25) is 4.79 Å². The van der Waals surface area contributed by atoms with E-state index < -0.39 is 0 Å². The van der Waals surface area contributed by atoms with Crippen LogP contribution >= 0.6 is 0 Å². The molecule has 2 aliphatic rings. The van der Waals surface area contributed by atoms with Crippen molar-refractivity contribution in [3.63, 3.8) is 0 Å². The minimum Gasteiger partial charge on any atom is -0.468 e. The summed E-state index contributed by atoms with van der Waals surface area (Å²) < 4.78 is 10.4. The molecule has 3 atom stereocenters. The Morgan fingerprint density at radius 2 is 2.05 bits per heavy atom. The molecule has 5 nitrogen and oxygen atoms in total. The van der Waals surface area contributed by atoms with Crippen molar-refractivity contribution in [2.45, 2.75) is 63.7 Å². The lowest BCUT2D eigenvalue weighted by molar-refractivity contribution is -0.144. The third-order valence-electron chi connectivity index (χ3n) is 5.11. The number of hydrogen-bond donors (Lipinski definition) is 0. The molecule has 1 aromatic heterocycles. The van der Waals surface area contributed by atoms with Crippen molar-refractivity contribution in [1.82, 2.24) is 10.1 Å². The van der Waals surface area contributed by atoms with Crippen molar-refractivity contribution in [3.05, 3.63) is 11.7 Å². The number of ether oxygens (including phenoxy) is 1. The molecule has 0 spiro atoms. The van der Waals surface area contributed by atoms with Gasteiger partial charge in [0.2, 0.25) is 5.89 Å². The van der Waals surface area contributed by atoms with Gasteiger partial charge in [-0.2, -0.15) is 4.98 Å². The number of carbonyl (C=O) groups is 1. The standard InChI is InChI=1S/C16H24N2O3/c1-10-7-8-12(9-10)14-17-15(21-18-14)13(16(19)20-2)11-5-3-4-6-11/h10-13H,3-9H2,1-2H3. The summed E-state index contributed by atoms with van der Waals surface area (Å²) in [6.45, 7) is 2.26. The van der Waals surface area contributed by atoms with Gasteiger partial charge in [0.05, 0.1) is 7.11 Å². The van der Waals surface area contributed by atoms with E-state index in [-0.39, 0.29) is 17.8 Å². The van der Waals surface area contributed by atoms with Crippen LogP contribution in [0.3, 0.4) is 0 Å². The summed E-state index contributed by atoms with van der Waals surface area (Å²) in [5, 5.41) is 4.15. The van der Waals surface area contributed by atoms with Gasteiger partial charge in [0.15, 0.2) is 5.82 Å². The van der Waals surface area contributed by atoms with E-state index >= 15 is 0 Å². The number of esters is 1. The average Bonchev–Trinajstić information content (AvgIpc) is 3.20. The van der Waals surface area contributed by atoms with E-state index in [0.717, 1.165) is 37.4 Å². The van der Waals surface area contributed by atoms with Gasteiger partial charge in [0, 0.05) is 5.92 Å². The molecule has 0 N–H and O–H groups in total. The monoisotopic (exact) mass is 292 g/mol. The lowest BCUT2D eigenvalue weighted by Gasteiger charge is -2.16. The number of carbonyl (C=O) groups excluding carboxylic acids is 1. The summed E-state index contributed by atoms with van der Waals surface area (Å²) in [5.41, 5.74) is 0. The Balaban J connectivity index is 1.79. The number of nitrogens with zero attached hydrogens (tertiary/aromatic N) is 2. The van der Waals surface area contributed by atoms with E-state index in [1.807, 2.05) is 0 Å². The van der Waals surface area contributed by atoms with Crippen LogP contribution in [0.5, 0.6) is 0 Å². The molecule has 0 amide bonds. The van der Waals surface area contributed by atoms with E-state index in [0.29, 0.717) is 11.8 Å². The van der Waals surface area contributed by atoms with Crippen molar-refractivity contribution in [2.75, 3.05) is 7.11 Å². The normalized spacial score (nSPS) is 27.9. The minimum absolute atomic E-state index is 0.239. The molecule has 1 heterocycles. The summed E-state index contributed by atoms with van der Waals surface area (Å²) in [7, 11) is 1.43. The number of hydrogen-bond acceptors (Lipinski definition) is 5. The second-order valence-corrected chi connectivity index (χ2v) is 6.65. The first-order valence-electron chi connectivity index (χ1n) is 8.10. The quantitative estimate of drug-likeness (QED) is 0.795. The lowest BCUT2D eigenvalue weighted by atomic mass is 9.90. The predicted molar refractivity (Wildman–Crippen MR) is 76.8 cm³/mol.